The molecular formula is C104H80N2O9. The quantitative estimate of drug-likeness (QED) is 0.101. The maximum atomic E-state index is 11.4. The summed E-state index contributed by atoms with van der Waals surface area (Å²) < 4.78 is 42.0. The molecule has 2 atom stereocenters. The summed E-state index contributed by atoms with van der Waals surface area (Å²) in [4.78, 5) is 4.66. The molecule has 2 unspecified atom stereocenters. The molecule has 0 bridgehead atoms. The Morgan fingerprint density at radius 3 is 1.32 bits per heavy atom. The van der Waals surface area contributed by atoms with Crippen molar-refractivity contribution in [1.29, 1.82) is 0 Å². The second kappa shape index (κ2) is 26.9. The highest BCUT2D eigenvalue weighted by Gasteiger charge is 2.56. The highest BCUT2D eigenvalue weighted by Crippen LogP contribution is 2.69. The van der Waals surface area contributed by atoms with Crippen molar-refractivity contribution in [2.45, 2.75) is 22.0 Å². The van der Waals surface area contributed by atoms with Gasteiger partial charge in [-0.05, 0) is 218 Å². The molecule has 2 fully saturated rings. The van der Waals surface area contributed by atoms with Crippen LogP contribution in [-0.4, -0.2) is 91.3 Å². The van der Waals surface area contributed by atoms with Crippen molar-refractivity contribution in [3.8, 4) is 69.1 Å². The molecule has 2 N–H and O–H groups in total. The lowest BCUT2D eigenvalue weighted by Crippen LogP contribution is -2.37. The molecule has 16 aromatic rings. The van der Waals surface area contributed by atoms with E-state index in [0.717, 1.165) is 136 Å². The van der Waals surface area contributed by atoms with E-state index in [4.69, 9.17) is 39.6 Å². The summed E-state index contributed by atoms with van der Waals surface area (Å²) >= 11 is 0. The summed E-state index contributed by atoms with van der Waals surface area (Å²) in [6, 6.07) is 100. The van der Waals surface area contributed by atoms with Crippen LogP contribution in [0.1, 0.15) is 72.3 Å². The van der Waals surface area contributed by atoms with E-state index in [1.807, 2.05) is 78.9 Å². The van der Waals surface area contributed by atoms with Crippen LogP contribution >= 0.6 is 0 Å². The van der Waals surface area contributed by atoms with Gasteiger partial charge in [0, 0.05) is 76.1 Å². The van der Waals surface area contributed by atoms with Gasteiger partial charge in [0.1, 0.15) is 34.5 Å². The number of aliphatic hydroxyl groups is 1. The zero-order valence-electron chi connectivity index (χ0n) is 64.2. The molecule has 115 heavy (non-hydrogen) atoms. The fraction of sp³-hybridized carbons (Fsp3) is 0.154. The summed E-state index contributed by atoms with van der Waals surface area (Å²) in [7, 11) is 6.87. The van der Waals surface area contributed by atoms with Crippen LogP contribution in [-0.2, 0) is 31.5 Å². The normalized spacial score (nSPS) is 16.8. The molecule has 3 heterocycles. The first-order chi connectivity index (χ1) is 56.5. The molecule has 7 aliphatic rings. The van der Waals surface area contributed by atoms with Crippen LogP contribution in [0.4, 0.5) is 11.4 Å². The first-order valence-electron chi connectivity index (χ1n) is 39.4. The average molecular weight is 1500 g/mol. The topological polar surface area (TPSA) is 112 Å². The van der Waals surface area contributed by atoms with Crippen LogP contribution in [0, 0.1) is 12.3 Å². The Balaban J connectivity index is 0.000000121. The predicted molar refractivity (Wildman–Crippen MR) is 462 cm³/mol. The largest absolute Gasteiger partial charge is 0.507 e. The van der Waals surface area contributed by atoms with E-state index in [0.29, 0.717) is 11.1 Å². The molecule has 3 aliphatic heterocycles. The number of rotatable bonds is 10. The number of aromatic hydroxyl groups is 1. The number of morpholine rings is 2. The third kappa shape index (κ3) is 10.2. The molecule has 560 valence electrons. The van der Waals surface area contributed by atoms with Crippen LogP contribution in [0.2, 0.25) is 0 Å². The number of phenolic OH excluding ortho intramolecular Hbond substituents is 1. The van der Waals surface area contributed by atoms with E-state index in [1.54, 1.807) is 28.4 Å². The number of ether oxygens (including phenoxy) is 7. The van der Waals surface area contributed by atoms with Crippen LogP contribution in [0.15, 0.2) is 291 Å². The Hall–Kier alpha value is -13.3. The Bertz CT molecular complexity index is 6630. The van der Waals surface area contributed by atoms with Gasteiger partial charge in [0.05, 0.1) is 65.7 Å². The molecule has 16 aromatic carbocycles. The number of benzene rings is 16. The van der Waals surface area contributed by atoms with Gasteiger partial charge >= 0.3 is 0 Å². The van der Waals surface area contributed by atoms with Gasteiger partial charge in [0.2, 0.25) is 0 Å². The first kappa shape index (κ1) is 69.6. The van der Waals surface area contributed by atoms with Gasteiger partial charge in [0.25, 0.3) is 0 Å². The first-order valence-corrected chi connectivity index (χ1v) is 39.4. The zero-order valence-corrected chi connectivity index (χ0v) is 64.2. The second-order valence-corrected chi connectivity index (χ2v) is 30.8. The SMILES string of the molecule is C#CC(O)(c1ccccc1)c1ccc(N2CCOCC2)cc1.COc1ccc2c(c1)C1(c3c4c(c5cc(OC)ccc5c3-2)OC(c2ccccc2)(c2ccc(N3CCOCC3)cc2)C=C4)c2cccc3ccc4cccc1c4c23.COc1ccc2c(c1)C1(c3cc(O)c4cc(OC)ccc4c3-2)c2cccc3ccc4cccc1c4c23. The minimum absolute atomic E-state index is 0.261. The second-order valence-electron chi connectivity index (χ2n) is 30.8. The predicted octanol–water partition coefficient (Wildman–Crippen LogP) is 21.0. The number of fused-ring (bicyclic) bond motifs is 21. The zero-order chi connectivity index (χ0) is 77.5. The Kier molecular flexibility index (Phi) is 16.3. The van der Waals surface area contributed by atoms with E-state index in [-0.39, 0.29) is 5.75 Å². The van der Waals surface area contributed by atoms with Crippen molar-refractivity contribution < 1.29 is 43.4 Å². The van der Waals surface area contributed by atoms with Crippen LogP contribution in [0.3, 0.4) is 0 Å². The third-order valence-corrected chi connectivity index (χ3v) is 25.5. The Labute approximate surface area is 667 Å². The number of nitrogens with zero attached hydrogens (tertiary/aromatic N) is 2. The van der Waals surface area contributed by atoms with Gasteiger partial charge in [-0.1, -0.05) is 206 Å². The fourth-order valence-corrected chi connectivity index (χ4v) is 20.3. The van der Waals surface area contributed by atoms with Crippen molar-refractivity contribution in [2.24, 2.45) is 0 Å². The van der Waals surface area contributed by atoms with Crippen molar-refractivity contribution in [3.05, 3.63) is 364 Å². The van der Waals surface area contributed by atoms with Gasteiger partial charge in [0.15, 0.2) is 11.2 Å². The molecule has 0 amide bonds. The summed E-state index contributed by atoms with van der Waals surface area (Å²) in [5.74, 6) is 6.82. The molecule has 2 saturated heterocycles. The molecule has 2 spiro atoms. The molecule has 0 saturated carbocycles. The Morgan fingerprint density at radius 1 is 0.391 bits per heavy atom. The number of hydrogen-bond donors (Lipinski definition) is 2. The van der Waals surface area contributed by atoms with E-state index < -0.39 is 22.0 Å². The lowest BCUT2D eigenvalue weighted by atomic mass is 9.68. The number of phenols is 1. The van der Waals surface area contributed by atoms with Crippen LogP contribution < -0.4 is 33.5 Å². The molecule has 23 rings (SSSR count). The number of methoxy groups -OCH3 is 4. The van der Waals surface area contributed by atoms with Gasteiger partial charge in [-0.3, -0.25) is 0 Å². The highest BCUT2D eigenvalue weighted by molar-refractivity contribution is 6.21. The molecule has 11 nitrogen and oxygen atoms in total. The van der Waals surface area contributed by atoms with Gasteiger partial charge in [-0.15, -0.1) is 6.42 Å². The Morgan fingerprint density at radius 2 is 0.817 bits per heavy atom. The molecule has 0 aromatic heterocycles. The third-order valence-electron chi connectivity index (χ3n) is 25.5. The van der Waals surface area contributed by atoms with Crippen molar-refractivity contribution in [2.75, 3.05) is 90.8 Å². The number of hydrogen-bond acceptors (Lipinski definition) is 11. The van der Waals surface area contributed by atoms with Crippen molar-refractivity contribution in [3.63, 3.8) is 0 Å². The number of anilines is 2. The van der Waals surface area contributed by atoms with Gasteiger partial charge in [-0.2, -0.15) is 0 Å². The lowest BCUT2D eigenvalue weighted by Gasteiger charge is -2.39. The summed E-state index contributed by atoms with van der Waals surface area (Å²) in [6.45, 7) is 6.52. The minimum Gasteiger partial charge on any atom is -0.507 e. The fourth-order valence-electron chi connectivity index (χ4n) is 20.3. The van der Waals surface area contributed by atoms with E-state index in [1.165, 1.54) is 104 Å². The summed E-state index contributed by atoms with van der Waals surface area (Å²) in [5.41, 5.74) is 18.1. The van der Waals surface area contributed by atoms with E-state index in [9.17, 15) is 10.2 Å². The number of terminal acetylenes is 1. The van der Waals surface area contributed by atoms with E-state index in [2.05, 4.69) is 234 Å². The maximum Gasteiger partial charge on any atom is 0.178 e. The molecular weight excluding hydrogens is 1420 g/mol. The molecule has 0 radical (unpaired) electrons. The summed E-state index contributed by atoms with van der Waals surface area (Å²) in [5, 5.41) is 36.4. The molecule has 4 aliphatic carbocycles. The molecule has 11 heteroatoms. The lowest BCUT2D eigenvalue weighted by molar-refractivity contribution is 0.122. The van der Waals surface area contributed by atoms with Gasteiger partial charge in [-0.25, -0.2) is 0 Å². The van der Waals surface area contributed by atoms with Gasteiger partial charge < -0.3 is 53.2 Å². The maximum absolute atomic E-state index is 11.4. The minimum atomic E-state index is -1.40. The standard InChI is InChI=1S/C52H39NO4.C33H22O3.C19H19NO2/c1-54-37-20-22-39-42(30-37)50-41(24-25-51(57-50,34-10-4-3-5-11-34)35-16-18-36(19-17-35)53-26-28-56-29-27-53)49-48(39)40-23-21-38(55-2)31-45(40)52(49)43-12-6-8-32-14-15-33-9-7-13-44(52)47(33)46(32)43;1-35-20-11-13-22-24(15-20)29(34)17-28-32(22)23-14-12-21(36-2)16-27(23)33(28)25-7-3-5-18-9-10-19-6-4-8-26(33)31(19)30(18)25;1-2-19(21,16-6-4-3-5-7-16)17-8-10-18(11-9-17)20-12-14-22-15-13-20/h3-25,30-31H,26-29H2,1-2H3;3-17,34H,1-2H3;1,3-11,21H,12-15H2. The smallest absolute Gasteiger partial charge is 0.178 e. The van der Waals surface area contributed by atoms with Crippen LogP contribution in [0.25, 0.3) is 93.0 Å². The van der Waals surface area contributed by atoms with Crippen LogP contribution in [0.5, 0.6) is 34.5 Å². The van der Waals surface area contributed by atoms with E-state index >= 15 is 0 Å². The highest BCUT2D eigenvalue weighted by atomic mass is 16.5. The monoisotopic (exact) mass is 1500 g/mol. The summed E-state index contributed by atoms with van der Waals surface area (Å²) in [6.07, 6.45) is 10.3. The van der Waals surface area contributed by atoms with Crippen molar-refractivity contribution in [1.82, 2.24) is 0 Å². The van der Waals surface area contributed by atoms with Crippen molar-refractivity contribution >= 4 is 82.1 Å². The average Bonchev–Trinajstić information content (AvgIpc) is 1.49.